The summed E-state index contributed by atoms with van der Waals surface area (Å²) < 4.78 is 5.94. The lowest BCUT2D eigenvalue weighted by molar-refractivity contribution is -0.143. The highest BCUT2D eigenvalue weighted by Crippen LogP contribution is 2.68. The first-order valence-electron chi connectivity index (χ1n) is 23.8. The van der Waals surface area contributed by atoms with E-state index in [4.69, 9.17) is 4.74 Å². The number of rotatable bonds is 27. The lowest BCUT2D eigenvalue weighted by atomic mass is 9.44. The largest absolute Gasteiger partial charge is 0.481 e. The van der Waals surface area contributed by atoms with Crippen LogP contribution in [0.1, 0.15) is 97.0 Å². The molecule has 4 saturated carbocycles. The minimum atomic E-state index is -1.26. The third-order valence-corrected chi connectivity index (χ3v) is 16.0. The molecule has 1 aromatic carbocycles. The van der Waals surface area contributed by atoms with E-state index < -0.39 is 68.0 Å². The zero-order valence-electron chi connectivity index (χ0n) is 38.9. The molecule has 0 bridgehead atoms. The van der Waals surface area contributed by atoms with Gasteiger partial charge in [-0.3, -0.25) is 48.3 Å². The second-order valence-electron chi connectivity index (χ2n) is 20.1. The molecule has 4 aliphatic carbocycles. The first kappa shape index (κ1) is 52.3. The van der Waals surface area contributed by atoms with Crippen molar-refractivity contribution in [2.45, 2.75) is 110 Å². The van der Waals surface area contributed by atoms with Crippen molar-refractivity contribution in [1.82, 2.24) is 25.3 Å². The molecule has 0 saturated heterocycles. The summed E-state index contributed by atoms with van der Waals surface area (Å²) in [4.78, 5) is 89.4. The van der Waals surface area contributed by atoms with Crippen molar-refractivity contribution in [3.63, 3.8) is 0 Å². The summed E-state index contributed by atoms with van der Waals surface area (Å²) in [5, 5.41) is 53.3. The summed E-state index contributed by atoms with van der Waals surface area (Å²) in [6.07, 6.45) is 10.7. The molecule has 2 amide bonds. The minimum absolute atomic E-state index is 0.0560. The normalized spacial score (nSPS) is 27.8. The average molecular weight is 928 g/mol. The van der Waals surface area contributed by atoms with Gasteiger partial charge in [-0.1, -0.05) is 51.1 Å². The van der Waals surface area contributed by atoms with E-state index in [0.717, 1.165) is 42.6 Å². The van der Waals surface area contributed by atoms with E-state index in [-0.39, 0.29) is 75.1 Å². The van der Waals surface area contributed by atoms with Crippen molar-refractivity contribution in [3.05, 3.63) is 35.9 Å². The first-order chi connectivity index (χ1) is 31.3. The minimum Gasteiger partial charge on any atom is -0.481 e. The molecular weight excluding hydrogens is 855 g/mol. The van der Waals surface area contributed by atoms with Gasteiger partial charge in [0.25, 0.3) is 0 Å². The Morgan fingerprint density at radius 2 is 1.32 bits per heavy atom. The number of carbonyl (C=O) groups excluding carboxylic acids is 2. The second-order valence-corrected chi connectivity index (χ2v) is 20.1. The van der Waals surface area contributed by atoms with Gasteiger partial charge in [-0.2, -0.15) is 0 Å². The maximum atomic E-state index is 14.0. The summed E-state index contributed by atoms with van der Waals surface area (Å²) in [5.74, 6) is -3.40. The van der Waals surface area contributed by atoms with E-state index in [1.807, 2.05) is 30.3 Å². The van der Waals surface area contributed by atoms with Crippen LogP contribution >= 0.6 is 0 Å². The van der Waals surface area contributed by atoms with Crippen LogP contribution in [0.4, 0.5) is 0 Å². The van der Waals surface area contributed by atoms with Gasteiger partial charge in [0.05, 0.1) is 45.9 Å². The van der Waals surface area contributed by atoms with Crippen LogP contribution in [0.2, 0.25) is 0 Å². The molecule has 0 spiro atoms. The number of fused-ring (bicyclic) bond motifs is 5. The van der Waals surface area contributed by atoms with Crippen LogP contribution in [-0.4, -0.2) is 159 Å². The Morgan fingerprint density at radius 1 is 0.712 bits per heavy atom. The zero-order valence-corrected chi connectivity index (χ0v) is 38.9. The van der Waals surface area contributed by atoms with Crippen molar-refractivity contribution in [2.24, 2.45) is 46.3 Å². The third-order valence-electron chi connectivity index (χ3n) is 16.0. The molecule has 368 valence electrons. The number of carboxylic acid groups (broad SMARTS) is 5. The standard InChI is InChI=1S/C48H73N5O13/c1-31(9-14-41(55)56)36-12-13-37-35-11-10-33-23-34(15-17-47(33,2)38(35)16-18-48(36,37)3)50-40(54)24-49-46(65)39(30-66-29-32-7-5-4-6-8-32)53(28-45(63)64)22-21-51(25-42(57)58)19-20-52(26-43(59)60)27-44(61)62/h4-8,31,33-39H,9-30H2,1-3H3,(H,49,65)(H,50,54)(H,55,56)(H,57,58)(H,59,60)(H,61,62)(H,63,64)/t31-,33-,34+,35+,36-,37+,38+,39?,47+,48-/m1/s1. The van der Waals surface area contributed by atoms with Gasteiger partial charge >= 0.3 is 29.8 Å². The predicted octanol–water partition coefficient (Wildman–Crippen LogP) is 3.58. The predicted molar refractivity (Wildman–Crippen MR) is 241 cm³/mol. The molecule has 0 heterocycles. The molecule has 18 nitrogen and oxygen atoms in total. The molecular formula is C48H73N5O13. The zero-order chi connectivity index (χ0) is 48.2. The smallest absolute Gasteiger partial charge is 0.317 e. The number of benzene rings is 1. The number of nitrogens with one attached hydrogen (secondary N) is 2. The molecule has 5 rings (SSSR count). The van der Waals surface area contributed by atoms with Gasteiger partial charge in [0.15, 0.2) is 0 Å². The number of carbonyl (C=O) groups is 7. The highest BCUT2D eigenvalue weighted by molar-refractivity contribution is 5.88. The number of aliphatic carboxylic acids is 5. The van der Waals surface area contributed by atoms with Crippen LogP contribution in [-0.2, 0) is 44.9 Å². The fourth-order valence-electron chi connectivity index (χ4n) is 12.8. The monoisotopic (exact) mass is 928 g/mol. The number of ether oxygens (including phenoxy) is 1. The number of nitrogens with zero attached hydrogens (tertiary/aromatic N) is 3. The molecule has 1 aromatic rings. The molecule has 66 heavy (non-hydrogen) atoms. The van der Waals surface area contributed by atoms with Crippen LogP contribution < -0.4 is 10.6 Å². The summed E-state index contributed by atoms with van der Waals surface area (Å²) in [5.41, 5.74) is 1.23. The Balaban J connectivity index is 1.19. The Kier molecular flexibility index (Phi) is 18.9. The Hall–Kier alpha value is -4.65. The van der Waals surface area contributed by atoms with Gasteiger partial charge in [0.1, 0.15) is 6.04 Å². The topological polar surface area (TPSA) is 264 Å². The van der Waals surface area contributed by atoms with Gasteiger partial charge < -0.3 is 40.9 Å². The number of hydrogen-bond acceptors (Lipinski definition) is 11. The van der Waals surface area contributed by atoms with E-state index in [1.54, 1.807) is 0 Å². The van der Waals surface area contributed by atoms with Crippen molar-refractivity contribution < 1.29 is 63.8 Å². The molecule has 10 atom stereocenters. The molecule has 7 N–H and O–H groups in total. The van der Waals surface area contributed by atoms with Gasteiger partial charge in [0.2, 0.25) is 11.8 Å². The molecule has 4 aliphatic rings. The first-order valence-corrected chi connectivity index (χ1v) is 23.8. The van der Waals surface area contributed by atoms with Gasteiger partial charge in [-0.25, -0.2) is 0 Å². The van der Waals surface area contributed by atoms with Crippen LogP contribution in [0.15, 0.2) is 30.3 Å². The van der Waals surface area contributed by atoms with Crippen molar-refractivity contribution >= 4 is 41.7 Å². The van der Waals surface area contributed by atoms with Crippen molar-refractivity contribution in [2.75, 3.05) is 65.5 Å². The lowest BCUT2D eigenvalue weighted by Crippen LogP contribution is -2.56. The highest BCUT2D eigenvalue weighted by Gasteiger charge is 2.60. The number of carboxylic acids is 5. The van der Waals surface area contributed by atoms with Crippen LogP contribution in [0.3, 0.4) is 0 Å². The summed E-state index contributed by atoms with van der Waals surface area (Å²) >= 11 is 0. The molecule has 0 aromatic heterocycles. The van der Waals surface area contributed by atoms with Gasteiger partial charge in [0, 0.05) is 38.6 Å². The van der Waals surface area contributed by atoms with E-state index in [9.17, 15) is 59.1 Å². The van der Waals surface area contributed by atoms with E-state index >= 15 is 0 Å². The van der Waals surface area contributed by atoms with E-state index in [2.05, 4.69) is 31.4 Å². The van der Waals surface area contributed by atoms with Crippen LogP contribution in [0, 0.1) is 46.3 Å². The maximum Gasteiger partial charge on any atom is 0.317 e. The fraction of sp³-hybridized carbons (Fsp3) is 0.729. The summed E-state index contributed by atoms with van der Waals surface area (Å²) in [6.45, 7) is 4.01. The summed E-state index contributed by atoms with van der Waals surface area (Å²) in [7, 11) is 0. The lowest BCUT2D eigenvalue weighted by Gasteiger charge is -2.61. The van der Waals surface area contributed by atoms with Gasteiger partial charge in [-0.15, -0.1) is 0 Å². The van der Waals surface area contributed by atoms with Gasteiger partial charge in [-0.05, 0) is 116 Å². The highest BCUT2D eigenvalue weighted by atomic mass is 16.5. The Labute approximate surface area is 387 Å². The van der Waals surface area contributed by atoms with Crippen LogP contribution in [0.25, 0.3) is 0 Å². The summed E-state index contributed by atoms with van der Waals surface area (Å²) in [6, 6.07) is 7.90. The average Bonchev–Trinajstić information content (AvgIpc) is 3.61. The molecule has 18 heteroatoms. The number of hydrogen-bond donors (Lipinski definition) is 7. The second kappa shape index (κ2) is 23.9. The maximum absolute atomic E-state index is 14.0. The van der Waals surface area contributed by atoms with Crippen molar-refractivity contribution in [1.29, 1.82) is 0 Å². The molecule has 1 unspecified atom stereocenters. The Morgan fingerprint density at radius 3 is 1.97 bits per heavy atom. The number of amides is 2. The van der Waals surface area contributed by atoms with E-state index in [0.29, 0.717) is 35.5 Å². The SMILES string of the molecule is C[C@H](CCC(=O)O)[C@H]1CC[C@H]2[C@@H]3CC[C@@H]4C[C@@H](NC(=O)CNC(=O)C(COCc5ccccc5)N(CCN(CCN(CC(=O)O)CC(=O)O)CC(=O)O)CC(=O)O)CC[C@]4(C)[C@H]3CC[C@]12C. The van der Waals surface area contributed by atoms with E-state index in [1.165, 1.54) is 41.9 Å². The van der Waals surface area contributed by atoms with Crippen molar-refractivity contribution in [3.8, 4) is 0 Å². The van der Waals surface area contributed by atoms with Crippen LogP contribution in [0.5, 0.6) is 0 Å². The molecule has 0 radical (unpaired) electrons. The third kappa shape index (κ3) is 14.2. The Bertz CT molecular complexity index is 1840. The molecule has 0 aliphatic heterocycles. The quantitative estimate of drug-likeness (QED) is 0.0665. The molecule has 4 fully saturated rings. The fourth-order valence-corrected chi connectivity index (χ4v) is 12.8.